The van der Waals surface area contributed by atoms with E-state index in [1.165, 1.54) is 6.07 Å². The lowest BCUT2D eigenvalue weighted by Crippen LogP contribution is -2.38. The summed E-state index contributed by atoms with van der Waals surface area (Å²) in [5.41, 5.74) is 7.98. The number of anilines is 1. The third kappa shape index (κ3) is 3.25. The van der Waals surface area contributed by atoms with Crippen molar-refractivity contribution >= 4 is 5.69 Å². The van der Waals surface area contributed by atoms with E-state index in [1.807, 2.05) is 13.0 Å². The number of rotatable bonds is 2. The van der Waals surface area contributed by atoms with Gasteiger partial charge in [-0.25, -0.2) is 4.39 Å². The highest BCUT2D eigenvalue weighted by Gasteiger charge is 2.22. The van der Waals surface area contributed by atoms with Gasteiger partial charge in [-0.3, -0.25) is 0 Å². The minimum absolute atomic E-state index is 0.154. The van der Waals surface area contributed by atoms with Gasteiger partial charge in [0.1, 0.15) is 5.82 Å². The smallest absolute Gasteiger partial charge is 0.123 e. The van der Waals surface area contributed by atoms with Crippen molar-refractivity contribution in [1.82, 2.24) is 4.90 Å². The molecule has 2 atom stereocenters. The molecule has 1 aliphatic rings. The van der Waals surface area contributed by atoms with Crippen molar-refractivity contribution < 1.29 is 4.39 Å². The Kier molecular flexibility index (Phi) is 4.42. The normalized spacial score (nSPS) is 23.2. The van der Waals surface area contributed by atoms with E-state index in [0.29, 0.717) is 6.04 Å². The van der Waals surface area contributed by atoms with Crippen molar-refractivity contribution in [3.8, 4) is 0 Å². The summed E-state index contributed by atoms with van der Waals surface area (Å²) in [5, 5.41) is 0. The van der Waals surface area contributed by atoms with Gasteiger partial charge in [0, 0.05) is 30.9 Å². The van der Waals surface area contributed by atoms with E-state index in [1.54, 1.807) is 6.07 Å². The highest BCUT2D eigenvalue weighted by atomic mass is 19.1. The average molecular weight is 265 g/mol. The number of nitrogens with two attached hydrogens (primary N) is 1. The molecule has 106 valence electrons. The largest absolute Gasteiger partial charge is 0.367 e. The molecular weight excluding hydrogens is 241 g/mol. The van der Waals surface area contributed by atoms with Gasteiger partial charge in [-0.15, -0.1) is 0 Å². The molecule has 0 saturated carbocycles. The van der Waals surface area contributed by atoms with Gasteiger partial charge in [0.2, 0.25) is 0 Å². The molecule has 1 aromatic carbocycles. The van der Waals surface area contributed by atoms with Gasteiger partial charge in [-0.1, -0.05) is 0 Å². The van der Waals surface area contributed by atoms with E-state index in [2.05, 4.69) is 23.8 Å². The highest BCUT2D eigenvalue weighted by Crippen LogP contribution is 2.29. The first-order chi connectivity index (χ1) is 8.99. The van der Waals surface area contributed by atoms with Crippen LogP contribution in [0, 0.1) is 5.82 Å². The Morgan fingerprint density at radius 1 is 1.37 bits per heavy atom. The Labute approximate surface area is 115 Å². The van der Waals surface area contributed by atoms with Gasteiger partial charge in [-0.05, 0) is 57.6 Å². The quantitative estimate of drug-likeness (QED) is 0.891. The maximum Gasteiger partial charge on any atom is 0.123 e. The average Bonchev–Trinajstić information content (AvgIpc) is 2.50. The molecule has 0 aromatic heterocycles. The van der Waals surface area contributed by atoms with Crippen molar-refractivity contribution in [1.29, 1.82) is 0 Å². The summed E-state index contributed by atoms with van der Waals surface area (Å²) < 4.78 is 13.4. The summed E-state index contributed by atoms with van der Waals surface area (Å²) in [7, 11) is 2.15. The third-order valence-corrected chi connectivity index (χ3v) is 3.84. The predicted molar refractivity (Wildman–Crippen MR) is 77.9 cm³/mol. The maximum absolute atomic E-state index is 13.4. The summed E-state index contributed by atoms with van der Waals surface area (Å²) in [4.78, 5) is 4.71. The molecule has 2 N–H and O–H groups in total. The number of benzene rings is 1. The van der Waals surface area contributed by atoms with Gasteiger partial charge < -0.3 is 15.5 Å². The molecular formula is C15H24FN3. The van der Waals surface area contributed by atoms with Crippen molar-refractivity contribution in [3.63, 3.8) is 0 Å². The molecule has 0 spiro atoms. The van der Waals surface area contributed by atoms with Gasteiger partial charge >= 0.3 is 0 Å². The monoisotopic (exact) mass is 265 g/mol. The molecule has 1 aromatic rings. The van der Waals surface area contributed by atoms with E-state index >= 15 is 0 Å². The molecule has 1 heterocycles. The summed E-state index contributed by atoms with van der Waals surface area (Å²) in [5.74, 6) is -0.212. The molecule has 3 nitrogen and oxygen atoms in total. The van der Waals surface area contributed by atoms with E-state index in [0.717, 1.165) is 37.3 Å². The SMILES string of the molecule is CC(N)c1cc(F)ccc1N1CCCN(C)CC1C. The fraction of sp³-hybridized carbons (Fsp3) is 0.600. The molecule has 0 amide bonds. The van der Waals surface area contributed by atoms with Crippen LogP contribution in [0.4, 0.5) is 10.1 Å². The zero-order valence-corrected chi connectivity index (χ0v) is 12.1. The lowest BCUT2D eigenvalue weighted by Gasteiger charge is -2.32. The molecule has 4 heteroatoms. The molecule has 0 aliphatic carbocycles. The van der Waals surface area contributed by atoms with E-state index < -0.39 is 0 Å². The molecule has 19 heavy (non-hydrogen) atoms. The van der Waals surface area contributed by atoms with Crippen LogP contribution in [0.15, 0.2) is 18.2 Å². The van der Waals surface area contributed by atoms with E-state index in [9.17, 15) is 4.39 Å². The summed E-state index contributed by atoms with van der Waals surface area (Å²) in [6.45, 7) is 7.26. The van der Waals surface area contributed by atoms with Crippen LogP contribution in [-0.2, 0) is 0 Å². The van der Waals surface area contributed by atoms with Crippen LogP contribution in [0.2, 0.25) is 0 Å². The molecule has 2 unspecified atom stereocenters. The lowest BCUT2D eigenvalue weighted by atomic mass is 10.0. The second-order valence-corrected chi connectivity index (χ2v) is 5.65. The van der Waals surface area contributed by atoms with Crippen LogP contribution in [0.25, 0.3) is 0 Å². The third-order valence-electron chi connectivity index (χ3n) is 3.84. The van der Waals surface area contributed by atoms with Gasteiger partial charge in [0.15, 0.2) is 0 Å². The van der Waals surface area contributed by atoms with E-state index in [-0.39, 0.29) is 11.9 Å². The molecule has 2 rings (SSSR count). The standard InChI is InChI=1S/C15H24FN3/c1-11-10-18(3)7-4-8-19(11)15-6-5-13(16)9-14(15)12(2)17/h5-6,9,11-12H,4,7-8,10,17H2,1-3H3. The Bertz CT molecular complexity index is 433. The second kappa shape index (κ2) is 5.88. The summed E-state index contributed by atoms with van der Waals surface area (Å²) >= 11 is 0. The van der Waals surface area contributed by atoms with Crippen LogP contribution < -0.4 is 10.6 Å². The maximum atomic E-state index is 13.4. The first-order valence-electron chi connectivity index (χ1n) is 6.99. The zero-order valence-electron chi connectivity index (χ0n) is 12.1. The topological polar surface area (TPSA) is 32.5 Å². The van der Waals surface area contributed by atoms with E-state index in [4.69, 9.17) is 5.73 Å². The molecule has 1 saturated heterocycles. The molecule has 0 bridgehead atoms. The summed E-state index contributed by atoms with van der Waals surface area (Å²) in [6, 6.07) is 5.23. The number of likely N-dealkylation sites (N-methyl/N-ethyl adjacent to an activating group) is 1. The predicted octanol–water partition coefficient (Wildman–Crippen LogP) is 2.38. The lowest BCUT2D eigenvalue weighted by molar-refractivity contribution is 0.337. The second-order valence-electron chi connectivity index (χ2n) is 5.65. The number of nitrogens with zero attached hydrogens (tertiary/aromatic N) is 2. The van der Waals surface area contributed by atoms with Crippen molar-refractivity contribution in [2.75, 3.05) is 31.6 Å². The molecule has 0 radical (unpaired) electrons. The Hall–Kier alpha value is -1.13. The Morgan fingerprint density at radius 2 is 2.11 bits per heavy atom. The van der Waals surface area contributed by atoms with Crippen molar-refractivity contribution in [3.05, 3.63) is 29.6 Å². The molecule has 1 aliphatic heterocycles. The summed E-state index contributed by atoms with van der Waals surface area (Å²) in [6.07, 6.45) is 1.12. The number of halogens is 1. The van der Waals surface area contributed by atoms with Gasteiger partial charge in [0.25, 0.3) is 0 Å². The minimum atomic E-state index is -0.212. The fourth-order valence-electron chi connectivity index (χ4n) is 2.88. The Balaban J connectivity index is 2.34. The minimum Gasteiger partial charge on any atom is -0.367 e. The highest BCUT2D eigenvalue weighted by molar-refractivity contribution is 5.56. The van der Waals surface area contributed by atoms with Crippen molar-refractivity contribution in [2.45, 2.75) is 32.4 Å². The Morgan fingerprint density at radius 3 is 2.79 bits per heavy atom. The van der Waals surface area contributed by atoms with Crippen LogP contribution in [0.1, 0.15) is 31.9 Å². The van der Waals surface area contributed by atoms with Crippen molar-refractivity contribution in [2.24, 2.45) is 5.73 Å². The molecule has 1 fully saturated rings. The van der Waals surface area contributed by atoms with Gasteiger partial charge in [-0.2, -0.15) is 0 Å². The fourth-order valence-corrected chi connectivity index (χ4v) is 2.88. The number of hydrogen-bond donors (Lipinski definition) is 1. The number of hydrogen-bond acceptors (Lipinski definition) is 3. The van der Waals surface area contributed by atoms with Crippen LogP contribution in [-0.4, -0.2) is 37.6 Å². The van der Waals surface area contributed by atoms with Crippen LogP contribution in [0.3, 0.4) is 0 Å². The van der Waals surface area contributed by atoms with Crippen LogP contribution in [0.5, 0.6) is 0 Å². The van der Waals surface area contributed by atoms with Crippen LogP contribution >= 0.6 is 0 Å². The first-order valence-corrected chi connectivity index (χ1v) is 6.99. The van der Waals surface area contributed by atoms with Gasteiger partial charge in [0.05, 0.1) is 0 Å². The zero-order chi connectivity index (χ0) is 14.0. The first kappa shape index (κ1) is 14.3.